The van der Waals surface area contributed by atoms with Crippen LogP contribution < -0.4 is 0 Å². The van der Waals surface area contributed by atoms with Gasteiger partial charge in [0.05, 0.1) is 24.9 Å². The lowest BCUT2D eigenvalue weighted by Crippen LogP contribution is -2.41. The van der Waals surface area contributed by atoms with E-state index in [-0.39, 0.29) is 12.1 Å². The number of likely N-dealkylation sites (N-methyl/N-ethyl adjacent to an activating group) is 1. The lowest BCUT2D eigenvalue weighted by Gasteiger charge is -2.28. The number of ether oxygens (including phenoxy) is 3. The van der Waals surface area contributed by atoms with Crippen LogP contribution in [0.25, 0.3) is 0 Å². The van der Waals surface area contributed by atoms with Gasteiger partial charge < -0.3 is 19.1 Å². The number of rotatable bonds is 10. The van der Waals surface area contributed by atoms with Crippen LogP contribution in [0.15, 0.2) is 4.60 Å². The zero-order valence-electron chi connectivity index (χ0n) is 19.5. The van der Waals surface area contributed by atoms with E-state index < -0.39 is 13.7 Å². The topological polar surface area (TPSA) is 65.8 Å². The largest absolute Gasteiger partial charge is 0.444 e. The number of aryl methyl sites for hydroxylation is 1. The Balaban J connectivity index is 2.51. The number of aromatic nitrogens is 2. The van der Waals surface area contributed by atoms with Crippen LogP contribution in [0.2, 0.25) is 25.7 Å². The number of amides is 1. The molecule has 7 nitrogen and oxygen atoms in total. The first-order valence-corrected chi connectivity index (χ1v) is 14.5. The molecule has 0 aliphatic carbocycles. The summed E-state index contributed by atoms with van der Waals surface area (Å²) in [4.78, 5) is 18.3. The van der Waals surface area contributed by atoms with E-state index in [2.05, 4.69) is 40.6 Å². The Labute approximate surface area is 185 Å². The van der Waals surface area contributed by atoms with Crippen molar-refractivity contribution in [2.45, 2.75) is 85.3 Å². The number of hydrogen-bond donors (Lipinski definition) is 0. The van der Waals surface area contributed by atoms with E-state index in [1.165, 1.54) is 0 Å². The van der Waals surface area contributed by atoms with Crippen molar-refractivity contribution >= 4 is 30.1 Å². The molecule has 168 valence electrons. The maximum Gasteiger partial charge on any atom is 0.410 e. The Kier molecular flexibility index (Phi) is 9.85. The van der Waals surface area contributed by atoms with E-state index in [4.69, 9.17) is 14.2 Å². The first kappa shape index (κ1) is 26.1. The van der Waals surface area contributed by atoms with Gasteiger partial charge in [-0.2, -0.15) is 0 Å². The Morgan fingerprint density at radius 3 is 2.45 bits per heavy atom. The van der Waals surface area contributed by atoms with Gasteiger partial charge in [0.1, 0.15) is 22.8 Å². The number of hydrogen-bond acceptors (Lipinski definition) is 5. The van der Waals surface area contributed by atoms with E-state index in [0.717, 1.165) is 28.8 Å². The summed E-state index contributed by atoms with van der Waals surface area (Å²) < 4.78 is 19.9. The van der Waals surface area contributed by atoms with E-state index in [1.54, 1.807) is 11.9 Å². The Hall–Kier alpha value is -0.903. The number of halogens is 1. The van der Waals surface area contributed by atoms with Crippen molar-refractivity contribution in [2.75, 3.05) is 20.3 Å². The van der Waals surface area contributed by atoms with E-state index >= 15 is 0 Å². The minimum atomic E-state index is -1.10. The molecule has 0 radical (unpaired) electrons. The molecule has 1 aromatic heterocycles. The molecule has 0 aliphatic rings. The lowest BCUT2D eigenvalue weighted by molar-refractivity contribution is 0.00884. The van der Waals surface area contributed by atoms with Gasteiger partial charge in [-0.3, -0.25) is 4.57 Å². The molecule has 0 N–H and O–H groups in total. The average molecular weight is 493 g/mol. The van der Waals surface area contributed by atoms with Gasteiger partial charge in [0, 0.05) is 21.7 Å². The Morgan fingerprint density at radius 2 is 1.90 bits per heavy atom. The van der Waals surface area contributed by atoms with Crippen molar-refractivity contribution in [1.82, 2.24) is 14.5 Å². The van der Waals surface area contributed by atoms with Crippen LogP contribution in [0.1, 0.15) is 39.2 Å². The number of carbonyl (C=O) groups is 1. The second-order valence-electron chi connectivity index (χ2n) is 9.63. The molecule has 1 aromatic rings. The molecular weight excluding hydrogens is 454 g/mol. The molecule has 0 saturated carbocycles. The quantitative estimate of drug-likeness (QED) is 0.338. The third-order valence-electron chi connectivity index (χ3n) is 4.32. The highest BCUT2D eigenvalue weighted by atomic mass is 79.9. The maximum absolute atomic E-state index is 12.1. The fraction of sp³-hybridized carbons (Fsp3) is 0.800. The minimum Gasteiger partial charge on any atom is -0.444 e. The smallest absolute Gasteiger partial charge is 0.410 e. The molecule has 0 aromatic carbocycles. The molecule has 9 heteroatoms. The fourth-order valence-electron chi connectivity index (χ4n) is 2.33. The normalized spacial score (nSPS) is 13.4. The van der Waals surface area contributed by atoms with Gasteiger partial charge in [-0.1, -0.05) is 19.6 Å². The van der Waals surface area contributed by atoms with Crippen molar-refractivity contribution in [3.8, 4) is 0 Å². The van der Waals surface area contributed by atoms with Crippen molar-refractivity contribution in [2.24, 2.45) is 0 Å². The minimum absolute atomic E-state index is 0.114. The van der Waals surface area contributed by atoms with Gasteiger partial charge in [0.25, 0.3) is 0 Å². The highest BCUT2D eigenvalue weighted by molar-refractivity contribution is 9.10. The SMILES string of the molecule is Cc1nc(COC[C@@H](C)N(C)C(=O)OC(C)(C)C)c(Br)n1COCC[Si](C)(C)C. The summed E-state index contributed by atoms with van der Waals surface area (Å²) >= 11 is 3.61. The molecule has 1 heterocycles. The first-order chi connectivity index (χ1) is 13.2. The summed E-state index contributed by atoms with van der Waals surface area (Å²) in [6.07, 6.45) is -0.356. The lowest BCUT2D eigenvalue weighted by atomic mass is 10.2. The monoisotopic (exact) mass is 491 g/mol. The van der Waals surface area contributed by atoms with Crippen LogP contribution >= 0.6 is 15.9 Å². The van der Waals surface area contributed by atoms with Gasteiger partial charge in [0.2, 0.25) is 0 Å². The third kappa shape index (κ3) is 9.63. The molecule has 1 amide bonds. The van der Waals surface area contributed by atoms with E-state index in [0.29, 0.717) is 19.9 Å². The van der Waals surface area contributed by atoms with Crippen LogP contribution in [0.3, 0.4) is 0 Å². The van der Waals surface area contributed by atoms with E-state index in [1.807, 2.05) is 39.2 Å². The average Bonchev–Trinajstić information content (AvgIpc) is 2.82. The van der Waals surface area contributed by atoms with Gasteiger partial charge in [-0.25, -0.2) is 9.78 Å². The highest BCUT2D eigenvalue weighted by Gasteiger charge is 2.23. The molecular formula is C20H38BrN3O4Si. The van der Waals surface area contributed by atoms with Crippen molar-refractivity contribution in [3.05, 3.63) is 16.1 Å². The predicted molar refractivity (Wildman–Crippen MR) is 122 cm³/mol. The standard InChI is InChI=1S/C20H38BrN3O4Si/c1-15(23(6)19(25)28-20(3,4)5)12-27-13-17-18(21)24(16(2)22-17)14-26-10-11-29(7,8)9/h15H,10-14H2,1-9H3/t15-/m1/s1. The highest BCUT2D eigenvalue weighted by Crippen LogP contribution is 2.20. The summed E-state index contributed by atoms with van der Waals surface area (Å²) in [5.41, 5.74) is 0.307. The fourth-order valence-corrected chi connectivity index (χ4v) is 3.65. The van der Waals surface area contributed by atoms with Crippen molar-refractivity contribution in [1.29, 1.82) is 0 Å². The van der Waals surface area contributed by atoms with Crippen molar-refractivity contribution < 1.29 is 19.0 Å². The summed E-state index contributed by atoms with van der Waals surface area (Å²) in [5, 5.41) is 0. The van der Waals surface area contributed by atoms with Crippen LogP contribution in [-0.4, -0.2) is 60.5 Å². The Morgan fingerprint density at radius 1 is 1.28 bits per heavy atom. The van der Waals surface area contributed by atoms with Gasteiger partial charge in [0.15, 0.2) is 0 Å². The maximum atomic E-state index is 12.1. The number of carbonyl (C=O) groups excluding carboxylic acids is 1. The van der Waals surface area contributed by atoms with Crippen LogP contribution in [-0.2, 0) is 27.5 Å². The summed E-state index contributed by atoms with van der Waals surface area (Å²) in [6.45, 7) is 18.4. The summed E-state index contributed by atoms with van der Waals surface area (Å²) in [5.74, 6) is 0.877. The Bertz CT molecular complexity index is 668. The summed E-state index contributed by atoms with van der Waals surface area (Å²) in [7, 11) is 0.622. The molecule has 0 aliphatic heterocycles. The van der Waals surface area contributed by atoms with Crippen LogP contribution in [0.4, 0.5) is 4.79 Å². The molecule has 1 atom stereocenters. The second-order valence-corrected chi connectivity index (χ2v) is 16.0. The van der Waals surface area contributed by atoms with Gasteiger partial charge in [-0.05, 0) is 56.6 Å². The van der Waals surface area contributed by atoms with Gasteiger partial charge >= 0.3 is 6.09 Å². The van der Waals surface area contributed by atoms with Crippen molar-refractivity contribution in [3.63, 3.8) is 0 Å². The van der Waals surface area contributed by atoms with Crippen LogP contribution in [0, 0.1) is 6.92 Å². The molecule has 1 rings (SSSR count). The van der Waals surface area contributed by atoms with E-state index in [9.17, 15) is 4.79 Å². The molecule has 0 unspecified atom stereocenters. The molecule has 29 heavy (non-hydrogen) atoms. The predicted octanol–water partition coefficient (Wildman–Crippen LogP) is 5.04. The van der Waals surface area contributed by atoms with Crippen LogP contribution in [0.5, 0.6) is 0 Å². The summed E-state index contributed by atoms with van der Waals surface area (Å²) in [6, 6.07) is 1.02. The molecule has 0 bridgehead atoms. The zero-order chi connectivity index (χ0) is 22.4. The number of nitrogens with zero attached hydrogens (tertiary/aromatic N) is 3. The molecule has 0 saturated heterocycles. The zero-order valence-corrected chi connectivity index (χ0v) is 22.1. The first-order valence-electron chi connectivity index (χ1n) is 10.0. The van der Waals surface area contributed by atoms with Gasteiger partial charge in [-0.15, -0.1) is 0 Å². The third-order valence-corrected chi connectivity index (χ3v) is 6.91. The molecule has 0 spiro atoms. The second kappa shape index (κ2) is 10.9. The number of imidazole rings is 1. The molecule has 0 fully saturated rings.